The SMILES string of the molecule is Cc1noc2ncnc(N3C[C@@H](C)[C@H](C(=O)O)C3)c12. The minimum atomic E-state index is -0.762. The van der Waals surface area contributed by atoms with Gasteiger partial charge in [-0.1, -0.05) is 12.1 Å². The van der Waals surface area contributed by atoms with E-state index >= 15 is 0 Å². The normalized spacial score (nSPS) is 23.2. The number of aliphatic carboxylic acids is 1. The molecule has 0 bridgehead atoms. The number of rotatable bonds is 2. The lowest BCUT2D eigenvalue weighted by Crippen LogP contribution is -2.24. The quantitative estimate of drug-likeness (QED) is 0.865. The summed E-state index contributed by atoms with van der Waals surface area (Å²) >= 11 is 0. The lowest BCUT2D eigenvalue weighted by Gasteiger charge is -2.17. The predicted molar refractivity (Wildman–Crippen MR) is 66.8 cm³/mol. The van der Waals surface area contributed by atoms with Crippen molar-refractivity contribution >= 4 is 22.9 Å². The van der Waals surface area contributed by atoms with Crippen LogP contribution in [0.5, 0.6) is 0 Å². The molecule has 0 aliphatic carbocycles. The molecule has 2 atom stereocenters. The fraction of sp³-hybridized carbons (Fsp3) is 0.500. The van der Waals surface area contributed by atoms with Gasteiger partial charge in [0.2, 0.25) is 0 Å². The Labute approximate surface area is 109 Å². The van der Waals surface area contributed by atoms with Crippen LogP contribution in [-0.4, -0.2) is 39.3 Å². The Balaban J connectivity index is 2.02. The van der Waals surface area contributed by atoms with Gasteiger partial charge in [0.25, 0.3) is 5.71 Å². The summed E-state index contributed by atoms with van der Waals surface area (Å²) in [5, 5.41) is 13.8. The molecule has 1 fully saturated rings. The van der Waals surface area contributed by atoms with Gasteiger partial charge in [-0.3, -0.25) is 4.79 Å². The molecular weight excluding hydrogens is 248 g/mol. The van der Waals surface area contributed by atoms with Gasteiger partial charge in [0, 0.05) is 13.1 Å². The summed E-state index contributed by atoms with van der Waals surface area (Å²) in [5.74, 6) is -0.338. The van der Waals surface area contributed by atoms with E-state index in [0.29, 0.717) is 24.6 Å². The molecule has 19 heavy (non-hydrogen) atoms. The second-order valence-electron chi connectivity index (χ2n) is 4.97. The molecule has 0 unspecified atom stereocenters. The molecule has 0 amide bonds. The molecule has 3 heterocycles. The Hall–Kier alpha value is -2.18. The van der Waals surface area contributed by atoms with Crippen molar-refractivity contribution in [1.29, 1.82) is 0 Å². The number of hydrogen-bond donors (Lipinski definition) is 1. The summed E-state index contributed by atoms with van der Waals surface area (Å²) in [6.45, 7) is 4.88. The summed E-state index contributed by atoms with van der Waals surface area (Å²) in [6, 6.07) is 0. The van der Waals surface area contributed by atoms with Crippen LogP contribution < -0.4 is 4.90 Å². The van der Waals surface area contributed by atoms with Crippen molar-refractivity contribution in [3.05, 3.63) is 12.0 Å². The van der Waals surface area contributed by atoms with Crippen LogP contribution in [-0.2, 0) is 4.79 Å². The molecule has 0 radical (unpaired) electrons. The minimum absolute atomic E-state index is 0.0858. The number of carbonyl (C=O) groups is 1. The molecule has 0 saturated carbocycles. The van der Waals surface area contributed by atoms with Crippen molar-refractivity contribution in [1.82, 2.24) is 15.1 Å². The second kappa shape index (κ2) is 4.18. The summed E-state index contributed by atoms with van der Waals surface area (Å²) in [7, 11) is 0. The molecule has 0 aromatic carbocycles. The van der Waals surface area contributed by atoms with E-state index in [1.165, 1.54) is 6.33 Å². The largest absolute Gasteiger partial charge is 0.481 e. The van der Waals surface area contributed by atoms with Gasteiger partial charge in [-0.2, -0.15) is 4.98 Å². The standard InChI is InChI=1S/C12H14N4O3/c1-6-3-16(4-8(6)12(17)18)10-9-7(2)15-19-11(9)14-5-13-10/h5-6,8H,3-4H2,1-2H3,(H,17,18)/t6-,8-/m1/s1. The molecular formula is C12H14N4O3. The summed E-state index contributed by atoms with van der Waals surface area (Å²) in [5.41, 5.74) is 1.16. The molecule has 1 saturated heterocycles. The highest BCUT2D eigenvalue weighted by atomic mass is 16.5. The number of aromatic nitrogens is 3. The molecule has 7 nitrogen and oxygen atoms in total. The van der Waals surface area contributed by atoms with Gasteiger partial charge in [0.1, 0.15) is 17.5 Å². The first-order chi connectivity index (χ1) is 9.08. The number of carboxylic acid groups (broad SMARTS) is 1. The first kappa shape index (κ1) is 11.9. The van der Waals surface area contributed by atoms with E-state index in [9.17, 15) is 9.90 Å². The monoisotopic (exact) mass is 262 g/mol. The Morgan fingerprint density at radius 1 is 1.47 bits per heavy atom. The van der Waals surface area contributed by atoms with Gasteiger partial charge in [0.05, 0.1) is 11.6 Å². The number of hydrogen-bond acceptors (Lipinski definition) is 6. The lowest BCUT2D eigenvalue weighted by molar-refractivity contribution is -0.142. The van der Waals surface area contributed by atoms with Crippen molar-refractivity contribution in [3.63, 3.8) is 0 Å². The zero-order valence-corrected chi connectivity index (χ0v) is 10.7. The second-order valence-corrected chi connectivity index (χ2v) is 4.97. The van der Waals surface area contributed by atoms with E-state index in [-0.39, 0.29) is 11.8 Å². The van der Waals surface area contributed by atoms with E-state index in [2.05, 4.69) is 15.1 Å². The highest BCUT2D eigenvalue weighted by molar-refractivity contribution is 5.88. The summed E-state index contributed by atoms with van der Waals surface area (Å²) < 4.78 is 5.11. The van der Waals surface area contributed by atoms with Crippen LogP contribution in [0.15, 0.2) is 10.9 Å². The third kappa shape index (κ3) is 1.81. The minimum Gasteiger partial charge on any atom is -0.481 e. The maximum Gasteiger partial charge on any atom is 0.308 e. The number of carboxylic acids is 1. The van der Waals surface area contributed by atoms with Crippen molar-refractivity contribution in [2.75, 3.05) is 18.0 Å². The van der Waals surface area contributed by atoms with Gasteiger partial charge in [-0.05, 0) is 12.8 Å². The maximum atomic E-state index is 11.2. The Morgan fingerprint density at radius 2 is 2.26 bits per heavy atom. The Bertz CT molecular complexity index is 639. The third-order valence-electron chi connectivity index (χ3n) is 3.65. The molecule has 3 rings (SSSR count). The molecule has 1 N–H and O–H groups in total. The zero-order chi connectivity index (χ0) is 13.6. The smallest absolute Gasteiger partial charge is 0.308 e. The Morgan fingerprint density at radius 3 is 2.95 bits per heavy atom. The molecule has 2 aromatic heterocycles. The van der Waals surface area contributed by atoms with Crippen LogP contribution in [0.3, 0.4) is 0 Å². The average Bonchev–Trinajstić information content (AvgIpc) is 2.93. The molecule has 7 heteroatoms. The van der Waals surface area contributed by atoms with Crippen molar-refractivity contribution in [3.8, 4) is 0 Å². The third-order valence-corrected chi connectivity index (χ3v) is 3.65. The maximum absolute atomic E-state index is 11.2. The van der Waals surface area contributed by atoms with E-state index in [4.69, 9.17) is 4.52 Å². The number of fused-ring (bicyclic) bond motifs is 1. The van der Waals surface area contributed by atoms with Crippen molar-refractivity contribution in [2.24, 2.45) is 11.8 Å². The van der Waals surface area contributed by atoms with Crippen LogP contribution in [0, 0.1) is 18.8 Å². The van der Waals surface area contributed by atoms with Crippen LogP contribution in [0.25, 0.3) is 11.1 Å². The number of nitrogens with zero attached hydrogens (tertiary/aromatic N) is 4. The molecule has 1 aliphatic rings. The zero-order valence-electron chi connectivity index (χ0n) is 10.7. The van der Waals surface area contributed by atoms with Crippen LogP contribution in [0.2, 0.25) is 0 Å². The highest BCUT2D eigenvalue weighted by Crippen LogP contribution is 2.32. The number of anilines is 1. The van der Waals surface area contributed by atoms with Crippen LogP contribution >= 0.6 is 0 Å². The van der Waals surface area contributed by atoms with Gasteiger partial charge in [-0.25, -0.2) is 4.98 Å². The van der Waals surface area contributed by atoms with Crippen molar-refractivity contribution < 1.29 is 14.4 Å². The van der Waals surface area contributed by atoms with E-state index in [1.807, 2.05) is 18.7 Å². The summed E-state index contributed by atoms with van der Waals surface area (Å²) in [6.07, 6.45) is 1.42. The lowest BCUT2D eigenvalue weighted by atomic mass is 9.99. The highest BCUT2D eigenvalue weighted by Gasteiger charge is 2.36. The fourth-order valence-corrected chi connectivity index (χ4v) is 2.60. The first-order valence-corrected chi connectivity index (χ1v) is 6.12. The van der Waals surface area contributed by atoms with Crippen LogP contribution in [0.4, 0.5) is 5.82 Å². The topological polar surface area (TPSA) is 92.4 Å². The Kier molecular flexibility index (Phi) is 2.62. The molecule has 0 spiro atoms. The van der Waals surface area contributed by atoms with Crippen molar-refractivity contribution in [2.45, 2.75) is 13.8 Å². The number of aryl methyl sites for hydroxylation is 1. The first-order valence-electron chi connectivity index (χ1n) is 6.12. The fourth-order valence-electron chi connectivity index (χ4n) is 2.60. The molecule has 2 aromatic rings. The van der Waals surface area contributed by atoms with Gasteiger partial charge in [-0.15, -0.1) is 0 Å². The van der Waals surface area contributed by atoms with Gasteiger partial charge >= 0.3 is 5.97 Å². The van der Waals surface area contributed by atoms with Gasteiger partial charge < -0.3 is 14.5 Å². The van der Waals surface area contributed by atoms with E-state index in [0.717, 1.165) is 11.1 Å². The summed E-state index contributed by atoms with van der Waals surface area (Å²) in [4.78, 5) is 21.4. The van der Waals surface area contributed by atoms with E-state index in [1.54, 1.807) is 0 Å². The predicted octanol–water partition coefficient (Wildman–Crippen LogP) is 1.08. The average molecular weight is 262 g/mol. The van der Waals surface area contributed by atoms with Crippen LogP contribution in [0.1, 0.15) is 12.6 Å². The molecule has 1 aliphatic heterocycles. The molecule has 100 valence electrons. The van der Waals surface area contributed by atoms with E-state index < -0.39 is 5.97 Å². The van der Waals surface area contributed by atoms with Gasteiger partial charge in [0.15, 0.2) is 0 Å².